The van der Waals surface area contributed by atoms with Crippen LogP contribution >= 0.6 is 11.6 Å². The van der Waals surface area contributed by atoms with E-state index in [1.165, 1.54) is 29.5 Å². The van der Waals surface area contributed by atoms with Crippen LogP contribution in [-0.2, 0) is 15.7 Å². The zero-order valence-corrected chi connectivity index (χ0v) is 26.8. The van der Waals surface area contributed by atoms with Gasteiger partial charge in [0.25, 0.3) is 8.32 Å². The van der Waals surface area contributed by atoms with Gasteiger partial charge in [0.1, 0.15) is 17.3 Å². The number of aromatic nitrogens is 2. The summed E-state index contributed by atoms with van der Waals surface area (Å²) in [4.78, 5) is 8.67. The molecule has 41 heavy (non-hydrogen) atoms. The van der Waals surface area contributed by atoms with E-state index in [0.29, 0.717) is 17.7 Å². The van der Waals surface area contributed by atoms with Crippen molar-refractivity contribution in [3.63, 3.8) is 0 Å². The molecule has 0 atom stereocenters. The van der Waals surface area contributed by atoms with Gasteiger partial charge in [0.2, 0.25) is 0 Å². The number of benzene rings is 2. The van der Waals surface area contributed by atoms with E-state index in [1.54, 1.807) is 0 Å². The van der Waals surface area contributed by atoms with Gasteiger partial charge in [0.15, 0.2) is 0 Å². The zero-order chi connectivity index (χ0) is 29.0. The largest absolute Gasteiger partial charge is 0.407 e. The molecular formula is C33H47ClN4O2Si. The zero-order valence-electron chi connectivity index (χ0n) is 25.0. The Balaban J connectivity index is 1.22. The van der Waals surface area contributed by atoms with Gasteiger partial charge >= 0.3 is 0 Å². The highest BCUT2D eigenvalue weighted by Crippen LogP contribution is 2.36. The minimum absolute atomic E-state index is 0.0183. The third-order valence-corrected chi connectivity index (χ3v) is 13.4. The molecular weight excluding hydrogens is 548 g/mol. The molecule has 1 saturated heterocycles. The monoisotopic (exact) mass is 594 g/mol. The Morgan fingerprint density at radius 1 is 0.878 bits per heavy atom. The van der Waals surface area contributed by atoms with Crippen molar-refractivity contribution in [1.29, 1.82) is 0 Å². The lowest BCUT2D eigenvalue weighted by molar-refractivity contribution is 0.0776. The molecule has 1 aliphatic heterocycles. The predicted molar refractivity (Wildman–Crippen MR) is 173 cm³/mol. The maximum absolute atomic E-state index is 7.03. The van der Waals surface area contributed by atoms with Crippen LogP contribution in [0.5, 0.6) is 0 Å². The minimum atomic E-state index is -2.44. The first-order valence-corrected chi connectivity index (χ1v) is 17.5. The van der Waals surface area contributed by atoms with Gasteiger partial charge in [-0.1, -0.05) is 112 Å². The fourth-order valence-electron chi connectivity index (χ4n) is 5.80. The smallest absolute Gasteiger partial charge is 0.261 e. The molecule has 3 aromatic rings. The average molecular weight is 595 g/mol. The lowest BCUT2D eigenvalue weighted by Gasteiger charge is -2.43. The highest BCUT2D eigenvalue weighted by Gasteiger charge is 2.49. The second kappa shape index (κ2) is 15.8. The summed E-state index contributed by atoms with van der Waals surface area (Å²) in [6.45, 7) is 11.0. The molecule has 6 nitrogen and oxygen atoms in total. The summed E-state index contributed by atoms with van der Waals surface area (Å²) < 4.78 is 12.5. The summed E-state index contributed by atoms with van der Waals surface area (Å²) in [5, 5.41) is 10.3. The van der Waals surface area contributed by atoms with E-state index in [2.05, 4.69) is 102 Å². The minimum Gasteiger partial charge on any atom is -0.407 e. The van der Waals surface area contributed by atoms with Crippen LogP contribution < -0.4 is 21.0 Å². The second-order valence-corrected chi connectivity index (χ2v) is 16.6. The third kappa shape index (κ3) is 8.61. The molecule has 0 saturated carbocycles. The first-order chi connectivity index (χ1) is 19.9. The molecule has 1 fully saturated rings. The van der Waals surface area contributed by atoms with Crippen molar-refractivity contribution in [3.8, 4) is 0 Å². The maximum Gasteiger partial charge on any atom is 0.261 e. The Morgan fingerprint density at radius 3 is 2.12 bits per heavy atom. The average Bonchev–Trinajstić information content (AvgIpc) is 2.98. The van der Waals surface area contributed by atoms with E-state index in [1.807, 2.05) is 0 Å². The van der Waals surface area contributed by atoms with Gasteiger partial charge in [-0.25, -0.2) is 9.97 Å². The summed E-state index contributed by atoms with van der Waals surface area (Å²) in [6.07, 6.45) is 9.26. The highest BCUT2D eigenvalue weighted by atomic mass is 35.5. The van der Waals surface area contributed by atoms with Crippen LogP contribution in [0.3, 0.4) is 0 Å². The van der Waals surface area contributed by atoms with Gasteiger partial charge < -0.3 is 19.8 Å². The Morgan fingerprint density at radius 2 is 1.49 bits per heavy atom. The molecule has 0 amide bonds. The Kier molecular flexibility index (Phi) is 12.2. The molecule has 2 aromatic carbocycles. The molecule has 0 unspecified atom stereocenters. The lowest BCUT2D eigenvalue weighted by Crippen LogP contribution is -2.66. The number of ether oxygens (including phenoxy) is 1. The van der Waals surface area contributed by atoms with Crippen LogP contribution in [0.4, 0.5) is 5.82 Å². The topological polar surface area (TPSA) is 68.3 Å². The first-order valence-electron chi connectivity index (χ1n) is 15.2. The molecule has 0 spiro atoms. The molecule has 222 valence electrons. The number of unbranched alkanes of at least 4 members (excludes halogenated alkanes) is 4. The molecule has 4 rings (SSSR count). The van der Waals surface area contributed by atoms with E-state index in [0.717, 1.165) is 69.9 Å². The van der Waals surface area contributed by atoms with Crippen molar-refractivity contribution in [2.24, 2.45) is 0 Å². The predicted octanol–water partition coefficient (Wildman–Crippen LogP) is 6.34. The summed E-state index contributed by atoms with van der Waals surface area (Å²) in [5.74, 6) is 0.836. The summed E-state index contributed by atoms with van der Waals surface area (Å²) >= 11 is 6.43. The normalized spacial score (nSPS) is 14.7. The summed E-state index contributed by atoms with van der Waals surface area (Å²) in [6, 6.07) is 22.2. The van der Waals surface area contributed by atoms with Gasteiger partial charge in [-0.2, -0.15) is 0 Å². The van der Waals surface area contributed by atoms with Crippen LogP contribution in [0.2, 0.25) is 10.2 Å². The molecule has 8 heteroatoms. The third-order valence-electron chi connectivity index (χ3n) is 8.03. The summed E-state index contributed by atoms with van der Waals surface area (Å²) in [5.41, 5.74) is 0.945. The van der Waals surface area contributed by atoms with Crippen molar-refractivity contribution >= 4 is 36.1 Å². The number of nitrogens with zero attached hydrogens (tertiary/aromatic N) is 2. The Hall–Kier alpha value is -2.29. The van der Waals surface area contributed by atoms with Crippen molar-refractivity contribution in [3.05, 3.63) is 77.7 Å². The highest BCUT2D eigenvalue weighted by molar-refractivity contribution is 6.99. The lowest BCUT2D eigenvalue weighted by atomic mass is 10.1. The summed E-state index contributed by atoms with van der Waals surface area (Å²) in [7, 11) is -2.44. The van der Waals surface area contributed by atoms with Crippen LogP contribution in [0.25, 0.3) is 0 Å². The number of nitrogens with one attached hydrogen (secondary N) is 2. The second-order valence-electron chi connectivity index (χ2n) is 12.0. The quantitative estimate of drug-likeness (QED) is 0.122. The van der Waals surface area contributed by atoms with Crippen molar-refractivity contribution in [1.82, 2.24) is 15.3 Å². The van der Waals surface area contributed by atoms with Crippen molar-refractivity contribution in [2.45, 2.75) is 83.3 Å². The van der Waals surface area contributed by atoms with Gasteiger partial charge in [-0.15, -0.1) is 0 Å². The van der Waals surface area contributed by atoms with Crippen LogP contribution in [0.15, 0.2) is 67.0 Å². The number of rotatable bonds is 15. The van der Waals surface area contributed by atoms with Gasteiger partial charge in [-0.3, -0.25) is 0 Å². The number of anilines is 1. The fourth-order valence-corrected chi connectivity index (χ4v) is 10.6. The molecule has 2 heterocycles. The molecule has 0 bridgehead atoms. The van der Waals surface area contributed by atoms with Crippen molar-refractivity contribution < 1.29 is 9.16 Å². The van der Waals surface area contributed by atoms with E-state index < -0.39 is 8.32 Å². The molecule has 1 aliphatic rings. The fraction of sp³-hybridized carbons (Fsp3) is 0.515. The van der Waals surface area contributed by atoms with Crippen molar-refractivity contribution in [2.75, 3.05) is 31.7 Å². The van der Waals surface area contributed by atoms with E-state index >= 15 is 0 Å². The Labute approximate surface area is 252 Å². The Bertz CT molecular complexity index is 1130. The van der Waals surface area contributed by atoms with Gasteiger partial charge in [0.05, 0.1) is 0 Å². The van der Waals surface area contributed by atoms with E-state index in [-0.39, 0.29) is 5.04 Å². The maximum atomic E-state index is 7.03. The number of hydrogen-bond donors (Lipinski definition) is 2. The molecule has 0 aliphatic carbocycles. The van der Waals surface area contributed by atoms with Crippen LogP contribution in [0, 0.1) is 0 Å². The SMILES string of the molecule is CC(C)(C)[Si](OCCCCCCCNc1ncnc(Cl)c1CNC1CCOCC1)(c1ccccc1)c1ccccc1. The van der Waals surface area contributed by atoms with E-state index in [4.69, 9.17) is 20.8 Å². The standard InChI is InChI=1S/C33H47ClN4O2Si/c1-33(2,3)41(28-15-9-7-10-16-28,29-17-11-8-12-18-29)40-22-14-6-4-5-13-21-35-32-30(31(34)37-26-38-32)25-36-27-19-23-39-24-20-27/h7-12,15-18,26-27,36H,4-6,13-14,19-25H2,1-3H3,(H,35,37,38). The number of hydrogen-bond acceptors (Lipinski definition) is 6. The number of halogens is 1. The van der Waals surface area contributed by atoms with Crippen LogP contribution in [0.1, 0.15) is 71.3 Å². The molecule has 1 aromatic heterocycles. The van der Waals surface area contributed by atoms with E-state index in [9.17, 15) is 0 Å². The molecule has 0 radical (unpaired) electrons. The van der Waals surface area contributed by atoms with Gasteiger partial charge in [0, 0.05) is 44.5 Å². The first kappa shape index (κ1) is 31.6. The van der Waals surface area contributed by atoms with Gasteiger partial charge in [-0.05, 0) is 41.1 Å². The molecule has 2 N–H and O–H groups in total. The van der Waals surface area contributed by atoms with Crippen LogP contribution in [-0.4, -0.2) is 50.7 Å².